The van der Waals surface area contributed by atoms with Gasteiger partial charge in [-0.2, -0.15) is 0 Å². The number of carbonyl (C=O) groups is 2. The molecular formula is C18H19N3O3S. The maximum Gasteiger partial charge on any atom is 0.290 e. The lowest BCUT2D eigenvalue weighted by Crippen LogP contribution is -2.36. The molecule has 25 heavy (non-hydrogen) atoms. The van der Waals surface area contributed by atoms with Crippen molar-refractivity contribution in [1.82, 2.24) is 14.8 Å². The van der Waals surface area contributed by atoms with Crippen molar-refractivity contribution < 1.29 is 14.7 Å². The van der Waals surface area contributed by atoms with E-state index in [1.54, 1.807) is 41.9 Å². The zero-order valence-electron chi connectivity index (χ0n) is 14.0. The highest BCUT2D eigenvalue weighted by molar-refractivity contribution is 7.12. The third kappa shape index (κ3) is 3.33. The normalized spacial score (nSPS) is 17.6. The summed E-state index contributed by atoms with van der Waals surface area (Å²) in [6.07, 6.45) is 1.62. The van der Waals surface area contributed by atoms with Gasteiger partial charge in [0.1, 0.15) is 6.04 Å². The fourth-order valence-corrected chi connectivity index (χ4v) is 3.49. The van der Waals surface area contributed by atoms with Crippen LogP contribution < -0.4 is 0 Å². The number of Topliss-reactive ketones (excluding diaryl/α,β-unsaturated/α-hetero) is 1. The molecule has 3 heterocycles. The minimum atomic E-state index is -0.678. The van der Waals surface area contributed by atoms with Crippen molar-refractivity contribution in [2.45, 2.75) is 6.04 Å². The largest absolute Gasteiger partial charge is 0.503 e. The van der Waals surface area contributed by atoms with Crippen molar-refractivity contribution in [1.29, 1.82) is 0 Å². The summed E-state index contributed by atoms with van der Waals surface area (Å²) < 4.78 is 0. The summed E-state index contributed by atoms with van der Waals surface area (Å²) in [5, 5.41) is 12.2. The molecular weight excluding hydrogens is 338 g/mol. The molecule has 1 aliphatic rings. The van der Waals surface area contributed by atoms with Crippen LogP contribution in [0.1, 0.15) is 21.4 Å². The van der Waals surface area contributed by atoms with Crippen LogP contribution in [0.25, 0.3) is 0 Å². The van der Waals surface area contributed by atoms with Crippen LogP contribution in [0.4, 0.5) is 0 Å². The summed E-state index contributed by atoms with van der Waals surface area (Å²) in [5.74, 6) is -1.34. The van der Waals surface area contributed by atoms with Crippen molar-refractivity contribution in [3.8, 4) is 0 Å². The zero-order valence-corrected chi connectivity index (χ0v) is 14.9. The summed E-state index contributed by atoms with van der Waals surface area (Å²) in [5.41, 5.74) is 0.670. The Bertz CT molecular complexity index is 800. The molecule has 0 saturated carbocycles. The number of likely N-dealkylation sites (N-methyl/N-ethyl adjacent to an activating group) is 1. The van der Waals surface area contributed by atoms with E-state index in [9.17, 15) is 14.7 Å². The summed E-state index contributed by atoms with van der Waals surface area (Å²) in [6, 6.07) is 8.12. The molecule has 3 rings (SSSR count). The van der Waals surface area contributed by atoms with Crippen LogP contribution in [0.5, 0.6) is 0 Å². The second-order valence-electron chi connectivity index (χ2n) is 6.03. The van der Waals surface area contributed by atoms with E-state index in [4.69, 9.17) is 0 Å². The van der Waals surface area contributed by atoms with E-state index >= 15 is 0 Å². The van der Waals surface area contributed by atoms with Gasteiger partial charge in [0, 0.05) is 19.3 Å². The molecule has 0 aliphatic carbocycles. The van der Waals surface area contributed by atoms with Crippen LogP contribution in [0.3, 0.4) is 0 Å². The van der Waals surface area contributed by atoms with Crippen LogP contribution >= 0.6 is 11.3 Å². The van der Waals surface area contributed by atoms with Crippen molar-refractivity contribution in [2.24, 2.45) is 0 Å². The fourth-order valence-electron chi connectivity index (χ4n) is 2.81. The van der Waals surface area contributed by atoms with Crippen LogP contribution in [-0.4, -0.2) is 58.8 Å². The van der Waals surface area contributed by atoms with Gasteiger partial charge < -0.3 is 14.9 Å². The third-order valence-electron chi connectivity index (χ3n) is 4.05. The number of aliphatic hydroxyl groups is 1. The first-order valence-electron chi connectivity index (χ1n) is 7.88. The Labute approximate surface area is 150 Å². The van der Waals surface area contributed by atoms with E-state index in [0.717, 1.165) is 0 Å². The maximum atomic E-state index is 12.9. The average molecular weight is 357 g/mol. The number of hydrogen-bond donors (Lipinski definition) is 1. The molecule has 0 fully saturated rings. The van der Waals surface area contributed by atoms with Gasteiger partial charge in [0.2, 0.25) is 5.78 Å². The molecule has 0 aromatic carbocycles. The average Bonchev–Trinajstić information content (AvgIpc) is 3.22. The molecule has 1 amide bonds. The molecule has 0 bridgehead atoms. The van der Waals surface area contributed by atoms with E-state index in [2.05, 4.69) is 4.98 Å². The smallest absolute Gasteiger partial charge is 0.290 e. The minimum Gasteiger partial charge on any atom is -0.503 e. The van der Waals surface area contributed by atoms with Gasteiger partial charge >= 0.3 is 0 Å². The first-order chi connectivity index (χ1) is 12.0. The highest BCUT2D eigenvalue weighted by Crippen LogP contribution is 2.38. The topological polar surface area (TPSA) is 73.7 Å². The van der Waals surface area contributed by atoms with E-state index in [1.807, 2.05) is 19.0 Å². The molecule has 2 aromatic heterocycles. The zero-order chi connectivity index (χ0) is 18.0. The number of pyridine rings is 1. The third-order valence-corrected chi connectivity index (χ3v) is 4.92. The monoisotopic (exact) mass is 357 g/mol. The van der Waals surface area contributed by atoms with E-state index < -0.39 is 17.7 Å². The number of ketones is 1. The van der Waals surface area contributed by atoms with Gasteiger partial charge in [-0.25, -0.2) is 0 Å². The molecule has 2 aromatic rings. The second-order valence-corrected chi connectivity index (χ2v) is 6.98. The first kappa shape index (κ1) is 17.3. The Kier molecular flexibility index (Phi) is 4.96. The maximum absolute atomic E-state index is 12.9. The summed E-state index contributed by atoms with van der Waals surface area (Å²) in [7, 11) is 3.81. The Balaban J connectivity index is 2.04. The summed E-state index contributed by atoms with van der Waals surface area (Å²) in [6.45, 7) is 1.00. The van der Waals surface area contributed by atoms with Gasteiger partial charge in [0.05, 0.1) is 16.1 Å². The van der Waals surface area contributed by atoms with Crippen molar-refractivity contribution >= 4 is 23.0 Å². The number of nitrogens with zero attached hydrogens (tertiary/aromatic N) is 3. The molecule has 1 N–H and O–H groups in total. The standard InChI is InChI=1S/C18H19N3O3S/c1-20(2)9-10-21-15(12-6-3-4-8-19-12)14(17(23)18(21)24)16(22)13-7-5-11-25-13/h3-8,11,15,23H,9-10H2,1-2H3/t15-/m0/s1. The Morgan fingerprint density at radius 3 is 2.72 bits per heavy atom. The molecule has 7 heteroatoms. The number of amides is 1. The lowest BCUT2D eigenvalue weighted by Gasteiger charge is -2.27. The van der Waals surface area contributed by atoms with Gasteiger partial charge in [-0.15, -0.1) is 11.3 Å². The van der Waals surface area contributed by atoms with E-state index in [-0.39, 0.29) is 11.4 Å². The fraction of sp³-hybridized carbons (Fsp3) is 0.278. The lowest BCUT2D eigenvalue weighted by molar-refractivity contribution is -0.129. The highest BCUT2D eigenvalue weighted by atomic mass is 32.1. The molecule has 6 nitrogen and oxygen atoms in total. The molecule has 0 spiro atoms. The van der Waals surface area contributed by atoms with Gasteiger partial charge in [-0.1, -0.05) is 12.1 Å². The highest BCUT2D eigenvalue weighted by Gasteiger charge is 2.44. The number of hydrogen-bond acceptors (Lipinski definition) is 6. The Morgan fingerprint density at radius 2 is 2.12 bits per heavy atom. The van der Waals surface area contributed by atoms with Crippen molar-refractivity contribution in [3.05, 3.63) is 63.8 Å². The SMILES string of the molecule is CN(C)CCN1C(=O)C(O)=C(C(=O)c2cccs2)[C@@H]1c1ccccn1. The van der Waals surface area contributed by atoms with E-state index in [0.29, 0.717) is 23.7 Å². The van der Waals surface area contributed by atoms with Crippen LogP contribution in [0.2, 0.25) is 0 Å². The summed E-state index contributed by atoms with van der Waals surface area (Å²) >= 11 is 1.28. The van der Waals surface area contributed by atoms with Crippen molar-refractivity contribution in [3.63, 3.8) is 0 Å². The number of aromatic nitrogens is 1. The number of rotatable bonds is 6. The quantitative estimate of drug-likeness (QED) is 0.803. The second kappa shape index (κ2) is 7.16. The molecule has 0 unspecified atom stereocenters. The van der Waals surface area contributed by atoms with Gasteiger partial charge in [-0.3, -0.25) is 14.6 Å². The molecule has 1 atom stereocenters. The molecule has 0 radical (unpaired) electrons. The predicted molar refractivity (Wildman–Crippen MR) is 95.5 cm³/mol. The number of aliphatic hydroxyl groups excluding tert-OH is 1. The van der Waals surface area contributed by atoms with Crippen LogP contribution in [0.15, 0.2) is 53.2 Å². The summed E-state index contributed by atoms with van der Waals surface area (Å²) in [4.78, 5) is 33.8. The molecule has 1 aliphatic heterocycles. The lowest BCUT2D eigenvalue weighted by atomic mass is 9.99. The Morgan fingerprint density at radius 1 is 1.32 bits per heavy atom. The molecule has 0 saturated heterocycles. The van der Waals surface area contributed by atoms with Gasteiger partial charge in [0.25, 0.3) is 5.91 Å². The van der Waals surface area contributed by atoms with Gasteiger partial charge in [-0.05, 0) is 37.7 Å². The molecule has 130 valence electrons. The first-order valence-corrected chi connectivity index (χ1v) is 8.76. The minimum absolute atomic E-state index is 0.102. The van der Waals surface area contributed by atoms with Crippen molar-refractivity contribution in [2.75, 3.05) is 27.2 Å². The van der Waals surface area contributed by atoms with Crippen LogP contribution in [0, 0.1) is 0 Å². The van der Waals surface area contributed by atoms with Crippen LogP contribution in [-0.2, 0) is 4.79 Å². The predicted octanol–water partition coefficient (Wildman–Crippen LogP) is 2.28. The Hall–Kier alpha value is -2.51. The van der Waals surface area contributed by atoms with Gasteiger partial charge in [0.15, 0.2) is 5.76 Å². The number of carbonyl (C=O) groups excluding carboxylic acids is 2. The van der Waals surface area contributed by atoms with E-state index in [1.165, 1.54) is 16.2 Å². The number of thiophene rings is 1.